The van der Waals surface area contributed by atoms with E-state index in [1.165, 1.54) is 257 Å². The summed E-state index contributed by atoms with van der Waals surface area (Å²) in [4.78, 5) is 28.9. The first-order valence-electron chi connectivity index (χ1n) is 33.2. The summed E-state index contributed by atoms with van der Waals surface area (Å²) < 4.78 is 0. The topological polar surface area (TPSA) is 122 Å². The molecule has 2 amide bonds. The van der Waals surface area contributed by atoms with Crippen molar-refractivity contribution in [2.45, 2.75) is 355 Å². The highest BCUT2D eigenvalue weighted by molar-refractivity contribution is 5.77. The first kappa shape index (κ1) is 75.3. The van der Waals surface area contributed by atoms with E-state index in [0.717, 1.165) is 44.9 Å². The normalized spacial score (nSPS) is 12.4. The highest BCUT2D eigenvalue weighted by Crippen LogP contribution is 2.17. The highest BCUT2D eigenvalue weighted by Gasteiger charge is 2.17. The maximum Gasteiger partial charge on any atom is 0.226 e. The van der Waals surface area contributed by atoms with Gasteiger partial charge in [0.1, 0.15) is 0 Å². The van der Waals surface area contributed by atoms with Gasteiger partial charge >= 0.3 is 0 Å². The van der Waals surface area contributed by atoms with E-state index in [9.17, 15) is 30.0 Å². The van der Waals surface area contributed by atoms with Crippen LogP contribution in [0.2, 0.25) is 0 Å². The summed E-state index contributed by atoms with van der Waals surface area (Å²) >= 11 is 0. The van der Waals surface area contributed by atoms with E-state index < -0.39 is 12.2 Å². The lowest BCUT2D eigenvalue weighted by molar-refractivity contribution is -0.133. The third-order valence-corrected chi connectivity index (χ3v) is 15.2. The Morgan fingerprint density at radius 3 is 0.853 bits per heavy atom. The number of carbonyl (C=O) groups excluding carboxylic acids is 2. The van der Waals surface area contributed by atoms with Crippen molar-refractivity contribution in [1.82, 2.24) is 9.80 Å². The number of aliphatic hydroxyl groups excluding tert-OH is 4. The lowest BCUT2D eigenvalue weighted by atomic mass is 10.0. The minimum absolute atomic E-state index is 0.0615. The molecule has 0 radical (unpaired) electrons. The van der Waals surface area contributed by atoms with Crippen LogP contribution < -0.4 is 0 Å². The molecule has 0 aliphatic rings. The van der Waals surface area contributed by atoms with Gasteiger partial charge in [0.05, 0.1) is 25.4 Å². The molecule has 0 aliphatic heterocycles. The molecule has 8 nitrogen and oxygen atoms in total. The fraction of sp³-hybridized carbons (Fsp3) is 0.910. The summed E-state index contributed by atoms with van der Waals surface area (Å²) in [5.74, 6) is 0.164. The van der Waals surface area contributed by atoms with Crippen molar-refractivity contribution in [3.63, 3.8) is 0 Å². The van der Waals surface area contributed by atoms with Gasteiger partial charge in [0.25, 0.3) is 0 Å². The Morgan fingerprint density at radius 2 is 0.560 bits per heavy atom. The van der Waals surface area contributed by atoms with E-state index in [4.69, 9.17) is 0 Å². The molecule has 4 N–H and O–H groups in total. The standard InChI is InChI=1S/C36H71NO3.C31H61NO3/c1-3-5-7-9-11-13-15-17-19-21-23-25-27-29-31-36(40)37(33-35(39)34-38)32-30-28-26-24-22-20-18-16-14-12-10-8-6-4-2;1-3-5-7-9-11-13-14-15-16-17-19-21-23-25-27-32(28-30(34)29-33)31(35)26-24-22-20-18-12-10-8-6-4-2/h25,27,35,38-39H,3-24,26,28-34H2,1-2H3;22,24,30,33-34H,3-21,23,25-29H2,1-2H3/b27-25+;24-22+. The predicted octanol–water partition coefficient (Wildman–Crippen LogP) is 18.6. The van der Waals surface area contributed by atoms with Gasteiger partial charge in [-0.3, -0.25) is 9.59 Å². The average Bonchev–Trinajstić information content (AvgIpc) is 3.41. The van der Waals surface area contributed by atoms with Crippen LogP contribution in [0.15, 0.2) is 24.3 Å². The monoisotopic (exact) mass is 1060 g/mol. The van der Waals surface area contributed by atoms with Crippen LogP contribution in [0.25, 0.3) is 0 Å². The Balaban J connectivity index is 0. The van der Waals surface area contributed by atoms with Gasteiger partial charge in [-0.05, 0) is 44.9 Å². The molecule has 0 aromatic rings. The van der Waals surface area contributed by atoms with Crippen molar-refractivity contribution in [2.24, 2.45) is 0 Å². The number of nitrogens with zero attached hydrogens (tertiary/aromatic N) is 2. The first-order chi connectivity index (χ1) is 36.8. The Hall–Kier alpha value is -1.74. The number of rotatable bonds is 59. The number of carbonyl (C=O) groups is 2. The van der Waals surface area contributed by atoms with Crippen molar-refractivity contribution in [3.05, 3.63) is 24.3 Å². The fourth-order valence-corrected chi connectivity index (χ4v) is 10.1. The van der Waals surface area contributed by atoms with Crippen LogP contribution in [-0.2, 0) is 9.59 Å². The summed E-state index contributed by atoms with van der Waals surface area (Å²) in [6.45, 7) is 10.3. The number of hydrogen-bond donors (Lipinski definition) is 4. The van der Waals surface area contributed by atoms with Crippen LogP contribution >= 0.6 is 0 Å². The van der Waals surface area contributed by atoms with Crippen LogP contribution in [-0.4, -0.2) is 93.6 Å². The Morgan fingerprint density at radius 1 is 0.320 bits per heavy atom. The van der Waals surface area contributed by atoms with Gasteiger partial charge < -0.3 is 30.2 Å². The molecule has 0 bridgehead atoms. The van der Waals surface area contributed by atoms with E-state index in [1.807, 2.05) is 6.08 Å². The molecule has 0 saturated carbocycles. The molecule has 2 atom stereocenters. The molecule has 8 heteroatoms. The Kier molecular flexibility index (Phi) is 65.1. The zero-order valence-electron chi connectivity index (χ0n) is 50.9. The maximum absolute atomic E-state index is 12.8. The summed E-state index contributed by atoms with van der Waals surface area (Å²) in [5, 5.41) is 38.3. The van der Waals surface area contributed by atoms with Crippen molar-refractivity contribution < 1.29 is 30.0 Å². The molecular weight excluding hydrogens is 929 g/mol. The molecule has 0 aromatic heterocycles. The smallest absolute Gasteiger partial charge is 0.226 e. The Bertz CT molecular complexity index is 1180. The van der Waals surface area contributed by atoms with E-state index in [2.05, 4.69) is 45.9 Å². The first-order valence-corrected chi connectivity index (χ1v) is 33.2. The van der Waals surface area contributed by atoms with E-state index in [0.29, 0.717) is 25.9 Å². The summed E-state index contributed by atoms with van der Waals surface area (Å²) in [6.07, 6.45) is 68.8. The predicted molar refractivity (Wildman–Crippen MR) is 327 cm³/mol. The third-order valence-electron chi connectivity index (χ3n) is 15.2. The second-order valence-electron chi connectivity index (χ2n) is 22.8. The van der Waals surface area contributed by atoms with Crippen LogP contribution in [0.1, 0.15) is 342 Å². The molecule has 75 heavy (non-hydrogen) atoms. The zero-order valence-corrected chi connectivity index (χ0v) is 50.9. The molecule has 0 aliphatic carbocycles. The molecule has 446 valence electrons. The van der Waals surface area contributed by atoms with Crippen LogP contribution in [0.4, 0.5) is 0 Å². The molecule has 0 fully saturated rings. The van der Waals surface area contributed by atoms with Crippen LogP contribution in [0, 0.1) is 0 Å². The summed E-state index contributed by atoms with van der Waals surface area (Å²) in [7, 11) is 0. The minimum Gasteiger partial charge on any atom is -0.394 e. The summed E-state index contributed by atoms with van der Waals surface area (Å²) in [6, 6.07) is 0. The maximum atomic E-state index is 12.8. The third kappa shape index (κ3) is 59.8. The second kappa shape index (κ2) is 64.8. The summed E-state index contributed by atoms with van der Waals surface area (Å²) in [5.41, 5.74) is 0. The van der Waals surface area contributed by atoms with Crippen LogP contribution in [0.3, 0.4) is 0 Å². The van der Waals surface area contributed by atoms with E-state index in [-0.39, 0.29) is 38.1 Å². The molecular formula is C67H132N2O6. The van der Waals surface area contributed by atoms with Gasteiger partial charge in [0, 0.05) is 39.0 Å². The zero-order chi connectivity index (χ0) is 55.2. The fourth-order valence-electron chi connectivity index (χ4n) is 10.1. The van der Waals surface area contributed by atoms with Gasteiger partial charge in [-0.1, -0.05) is 309 Å². The number of allylic oxidation sites excluding steroid dienone is 3. The van der Waals surface area contributed by atoms with Gasteiger partial charge in [-0.2, -0.15) is 0 Å². The Labute approximate surface area is 467 Å². The quantitative estimate of drug-likeness (QED) is 0.0356. The van der Waals surface area contributed by atoms with Crippen molar-refractivity contribution in [1.29, 1.82) is 0 Å². The van der Waals surface area contributed by atoms with E-state index in [1.54, 1.807) is 9.80 Å². The molecule has 2 unspecified atom stereocenters. The molecule has 0 rings (SSSR count). The second-order valence-corrected chi connectivity index (χ2v) is 22.8. The van der Waals surface area contributed by atoms with Gasteiger partial charge in [0.2, 0.25) is 11.8 Å². The van der Waals surface area contributed by atoms with Crippen molar-refractivity contribution >= 4 is 11.8 Å². The SMILES string of the molecule is CCCCCCCC/C=C/CC(=O)N(CCCCCCCCCCCCCCCC)CC(O)CO.CCCCCCCCCCCC/C=C/CCC(=O)N(CCCCCCCCCCCCCCCC)CC(O)CO. The average molecular weight is 1060 g/mol. The van der Waals surface area contributed by atoms with Gasteiger partial charge in [-0.25, -0.2) is 0 Å². The lowest BCUT2D eigenvalue weighted by Crippen LogP contribution is -2.39. The van der Waals surface area contributed by atoms with Gasteiger partial charge in [0.15, 0.2) is 0 Å². The van der Waals surface area contributed by atoms with Crippen molar-refractivity contribution in [3.8, 4) is 0 Å². The number of aliphatic hydroxyl groups is 4. The number of hydrogen-bond acceptors (Lipinski definition) is 6. The molecule has 0 heterocycles. The minimum atomic E-state index is -0.849. The lowest BCUT2D eigenvalue weighted by Gasteiger charge is -2.24. The highest BCUT2D eigenvalue weighted by atomic mass is 16.3. The van der Waals surface area contributed by atoms with Gasteiger partial charge in [-0.15, -0.1) is 0 Å². The number of unbranched alkanes of at least 4 members (excludes halogenated alkanes) is 42. The molecule has 0 saturated heterocycles. The van der Waals surface area contributed by atoms with Crippen molar-refractivity contribution in [2.75, 3.05) is 39.4 Å². The largest absolute Gasteiger partial charge is 0.394 e. The number of amides is 2. The van der Waals surface area contributed by atoms with E-state index >= 15 is 0 Å². The molecule has 0 spiro atoms. The van der Waals surface area contributed by atoms with Crippen LogP contribution in [0.5, 0.6) is 0 Å². The molecule has 0 aromatic carbocycles.